The molecule has 0 fully saturated rings. The van der Waals surface area contributed by atoms with Crippen molar-refractivity contribution < 1.29 is 13.9 Å². The highest BCUT2D eigenvalue weighted by molar-refractivity contribution is 5.56. The van der Waals surface area contributed by atoms with Crippen LogP contribution in [0.25, 0.3) is 0 Å². The average Bonchev–Trinajstić information content (AvgIpc) is 2.54. The minimum atomic E-state index is -0.221. The zero-order chi connectivity index (χ0) is 15.4. The molecule has 0 aliphatic carbocycles. The molecule has 2 heterocycles. The van der Waals surface area contributed by atoms with Gasteiger partial charge in [0.05, 0.1) is 18.3 Å². The molecule has 4 nitrogen and oxygen atoms in total. The molecule has 22 heavy (non-hydrogen) atoms. The summed E-state index contributed by atoms with van der Waals surface area (Å²) < 4.78 is 24.0. The molecule has 1 unspecified atom stereocenters. The molecule has 116 valence electrons. The van der Waals surface area contributed by atoms with Crippen LogP contribution in [0.3, 0.4) is 0 Å². The van der Waals surface area contributed by atoms with Crippen LogP contribution >= 0.6 is 0 Å². The molecule has 0 radical (unpaired) electrons. The molecular formula is C17H19FN2O2. The standard InChI is InChI=1S/C17H19FN2O2/c1-2-21-10-15-11-22-17-16(20-15)8-13(9-19-17)7-12-3-5-14(18)6-4-12/h3-6,8-9,15,20H,2,7,10-11H2,1H3. The quantitative estimate of drug-likeness (QED) is 0.922. The summed E-state index contributed by atoms with van der Waals surface area (Å²) in [4.78, 5) is 4.35. The summed E-state index contributed by atoms with van der Waals surface area (Å²) in [5, 5.41) is 3.39. The van der Waals surface area contributed by atoms with Crippen molar-refractivity contribution in [1.29, 1.82) is 0 Å². The number of nitrogens with one attached hydrogen (secondary N) is 1. The lowest BCUT2D eigenvalue weighted by molar-refractivity contribution is 0.116. The molecule has 1 aromatic heterocycles. The predicted octanol–water partition coefficient (Wildman–Crippen LogP) is 3.02. The topological polar surface area (TPSA) is 43.4 Å². The highest BCUT2D eigenvalue weighted by Gasteiger charge is 2.20. The van der Waals surface area contributed by atoms with Crippen LogP contribution in [0, 0.1) is 5.82 Å². The predicted molar refractivity (Wildman–Crippen MR) is 82.8 cm³/mol. The van der Waals surface area contributed by atoms with Gasteiger partial charge in [-0.3, -0.25) is 0 Å². The maximum Gasteiger partial charge on any atom is 0.237 e. The number of fused-ring (bicyclic) bond motifs is 1. The summed E-state index contributed by atoms with van der Waals surface area (Å²) >= 11 is 0. The second-order valence-electron chi connectivity index (χ2n) is 5.31. The molecule has 0 saturated carbocycles. The fraction of sp³-hybridized carbons (Fsp3) is 0.353. The molecule has 0 saturated heterocycles. The van der Waals surface area contributed by atoms with Crippen LogP contribution in [-0.4, -0.2) is 30.8 Å². The molecular weight excluding hydrogens is 283 g/mol. The molecule has 1 aliphatic heterocycles. The summed E-state index contributed by atoms with van der Waals surface area (Å²) in [5.74, 6) is 0.400. The number of aromatic nitrogens is 1. The lowest BCUT2D eigenvalue weighted by Crippen LogP contribution is -2.35. The average molecular weight is 302 g/mol. The fourth-order valence-corrected chi connectivity index (χ4v) is 2.44. The molecule has 1 N–H and O–H groups in total. The van der Waals surface area contributed by atoms with Gasteiger partial charge in [0.1, 0.15) is 12.4 Å². The van der Waals surface area contributed by atoms with Gasteiger partial charge in [0, 0.05) is 12.8 Å². The maximum absolute atomic E-state index is 12.9. The van der Waals surface area contributed by atoms with Gasteiger partial charge in [-0.05, 0) is 42.7 Å². The fourth-order valence-electron chi connectivity index (χ4n) is 2.44. The largest absolute Gasteiger partial charge is 0.474 e. The van der Waals surface area contributed by atoms with Gasteiger partial charge >= 0.3 is 0 Å². The third-order valence-corrected chi connectivity index (χ3v) is 3.53. The van der Waals surface area contributed by atoms with Crippen LogP contribution < -0.4 is 10.1 Å². The van der Waals surface area contributed by atoms with E-state index >= 15 is 0 Å². The Morgan fingerprint density at radius 2 is 2.14 bits per heavy atom. The van der Waals surface area contributed by atoms with Gasteiger partial charge < -0.3 is 14.8 Å². The Morgan fingerprint density at radius 1 is 1.32 bits per heavy atom. The highest BCUT2D eigenvalue weighted by Crippen LogP contribution is 2.28. The van der Waals surface area contributed by atoms with E-state index in [1.54, 1.807) is 18.3 Å². The van der Waals surface area contributed by atoms with Gasteiger partial charge in [-0.15, -0.1) is 0 Å². The first-order valence-electron chi connectivity index (χ1n) is 7.45. The monoisotopic (exact) mass is 302 g/mol. The van der Waals surface area contributed by atoms with Crippen molar-refractivity contribution in [3.8, 4) is 5.88 Å². The molecule has 0 bridgehead atoms. The van der Waals surface area contributed by atoms with Crippen LogP contribution in [0.2, 0.25) is 0 Å². The number of ether oxygens (including phenoxy) is 2. The smallest absolute Gasteiger partial charge is 0.237 e. The number of nitrogens with zero attached hydrogens (tertiary/aromatic N) is 1. The third kappa shape index (κ3) is 3.54. The van der Waals surface area contributed by atoms with Crippen molar-refractivity contribution in [2.75, 3.05) is 25.1 Å². The molecule has 1 aromatic carbocycles. The lowest BCUT2D eigenvalue weighted by atomic mass is 10.1. The maximum atomic E-state index is 12.9. The van der Waals surface area contributed by atoms with Crippen LogP contribution in [0.5, 0.6) is 5.88 Å². The van der Waals surface area contributed by atoms with Gasteiger partial charge in [-0.1, -0.05) is 12.1 Å². The molecule has 5 heteroatoms. The minimum absolute atomic E-state index is 0.135. The zero-order valence-electron chi connectivity index (χ0n) is 12.5. The van der Waals surface area contributed by atoms with E-state index in [1.807, 2.05) is 13.0 Å². The van der Waals surface area contributed by atoms with Gasteiger partial charge in [-0.2, -0.15) is 0 Å². The van der Waals surface area contributed by atoms with E-state index in [0.717, 1.165) is 16.8 Å². The van der Waals surface area contributed by atoms with Crippen molar-refractivity contribution in [3.05, 3.63) is 53.5 Å². The molecule has 3 rings (SSSR count). The summed E-state index contributed by atoms with van der Waals surface area (Å²) in [6.45, 7) is 3.82. The minimum Gasteiger partial charge on any atom is -0.474 e. The van der Waals surface area contributed by atoms with E-state index in [0.29, 0.717) is 32.1 Å². The van der Waals surface area contributed by atoms with Crippen LogP contribution in [0.15, 0.2) is 36.5 Å². The molecule has 2 aromatic rings. The van der Waals surface area contributed by atoms with Gasteiger partial charge in [0.25, 0.3) is 0 Å². The number of rotatable bonds is 5. The van der Waals surface area contributed by atoms with E-state index in [1.165, 1.54) is 12.1 Å². The number of hydrogen-bond donors (Lipinski definition) is 1. The number of pyridine rings is 1. The summed E-state index contributed by atoms with van der Waals surface area (Å²) in [7, 11) is 0. The van der Waals surface area contributed by atoms with E-state index in [2.05, 4.69) is 10.3 Å². The van der Waals surface area contributed by atoms with Gasteiger partial charge in [0.2, 0.25) is 5.88 Å². The molecule has 1 atom stereocenters. The van der Waals surface area contributed by atoms with Crippen molar-refractivity contribution in [2.45, 2.75) is 19.4 Å². The SMILES string of the molecule is CCOCC1COc2ncc(Cc3ccc(F)cc3)cc2N1. The van der Waals surface area contributed by atoms with E-state index < -0.39 is 0 Å². The lowest BCUT2D eigenvalue weighted by Gasteiger charge is -2.26. The van der Waals surface area contributed by atoms with E-state index in [4.69, 9.17) is 9.47 Å². The molecule has 1 aliphatic rings. The summed E-state index contributed by atoms with van der Waals surface area (Å²) in [5.41, 5.74) is 2.99. The third-order valence-electron chi connectivity index (χ3n) is 3.53. The normalized spacial score (nSPS) is 16.5. The van der Waals surface area contributed by atoms with Crippen molar-refractivity contribution in [3.63, 3.8) is 0 Å². The molecule has 0 amide bonds. The Labute approximate surface area is 129 Å². The highest BCUT2D eigenvalue weighted by atomic mass is 19.1. The summed E-state index contributed by atoms with van der Waals surface area (Å²) in [6.07, 6.45) is 2.51. The summed E-state index contributed by atoms with van der Waals surface area (Å²) in [6, 6.07) is 8.69. The first-order chi connectivity index (χ1) is 10.7. The van der Waals surface area contributed by atoms with Crippen LogP contribution in [0.1, 0.15) is 18.1 Å². The molecule has 0 spiro atoms. The second kappa shape index (κ2) is 6.75. The van der Waals surface area contributed by atoms with Gasteiger partial charge in [-0.25, -0.2) is 9.37 Å². The number of benzene rings is 1. The second-order valence-corrected chi connectivity index (χ2v) is 5.31. The van der Waals surface area contributed by atoms with Crippen molar-refractivity contribution in [1.82, 2.24) is 4.98 Å². The number of halogens is 1. The first kappa shape index (κ1) is 14.8. The zero-order valence-corrected chi connectivity index (χ0v) is 12.5. The van der Waals surface area contributed by atoms with Crippen LogP contribution in [0.4, 0.5) is 10.1 Å². The van der Waals surface area contributed by atoms with E-state index in [-0.39, 0.29) is 11.9 Å². The Kier molecular flexibility index (Phi) is 4.53. The Bertz CT molecular complexity index is 631. The van der Waals surface area contributed by atoms with E-state index in [9.17, 15) is 4.39 Å². The Hall–Kier alpha value is -2.14. The van der Waals surface area contributed by atoms with Crippen molar-refractivity contribution >= 4 is 5.69 Å². The number of anilines is 1. The first-order valence-corrected chi connectivity index (χ1v) is 7.45. The Morgan fingerprint density at radius 3 is 2.91 bits per heavy atom. The van der Waals surface area contributed by atoms with Crippen molar-refractivity contribution in [2.24, 2.45) is 0 Å². The Balaban J connectivity index is 1.71. The van der Waals surface area contributed by atoms with Crippen LogP contribution in [-0.2, 0) is 11.2 Å². The van der Waals surface area contributed by atoms with Gasteiger partial charge in [0.15, 0.2) is 0 Å². The number of hydrogen-bond acceptors (Lipinski definition) is 4.